The van der Waals surface area contributed by atoms with Gasteiger partial charge in [-0.3, -0.25) is 0 Å². The summed E-state index contributed by atoms with van der Waals surface area (Å²) in [4.78, 5) is 2.04. The lowest BCUT2D eigenvalue weighted by Crippen LogP contribution is -2.47. The first-order valence-corrected chi connectivity index (χ1v) is 6.09. The zero-order chi connectivity index (χ0) is 13.6. The molecule has 0 saturated heterocycles. The van der Waals surface area contributed by atoms with Crippen molar-refractivity contribution in [3.8, 4) is 11.5 Å². The van der Waals surface area contributed by atoms with E-state index in [4.69, 9.17) is 4.74 Å². The van der Waals surface area contributed by atoms with Crippen molar-refractivity contribution in [1.29, 1.82) is 0 Å². The van der Waals surface area contributed by atoms with E-state index >= 15 is 0 Å². The van der Waals surface area contributed by atoms with E-state index in [0.29, 0.717) is 5.75 Å². The molecule has 1 aliphatic carbocycles. The van der Waals surface area contributed by atoms with E-state index in [0.717, 1.165) is 11.4 Å². The summed E-state index contributed by atoms with van der Waals surface area (Å²) in [6.45, 7) is 5.92. The molecule has 2 atom stereocenters. The van der Waals surface area contributed by atoms with Gasteiger partial charge in [-0.15, -0.1) is 0 Å². The van der Waals surface area contributed by atoms with E-state index < -0.39 is 0 Å². The van der Waals surface area contributed by atoms with Gasteiger partial charge in [0.25, 0.3) is 0 Å². The van der Waals surface area contributed by atoms with Gasteiger partial charge >= 0.3 is 0 Å². The van der Waals surface area contributed by atoms with Gasteiger partial charge in [-0.2, -0.15) is 0 Å². The average molecular weight is 257 g/mol. The zero-order valence-electron chi connectivity index (χ0n) is 10.6. The molecule has 0 fully saturated rings. The van der Waals surface area contributed by atoms with Crippen LogP contribution in [0.1, 0.15) is 6.92 Å². The predicted octanol–water partition coefficient (Wildman–Crippen LogP) is 2.87. The third kappa shape index (κ3) is 1.85. The van der Waals surface area contributed by atoms with Gasteiger partial charge in [-0.25, -0.2) is 0 Å². The standard InChI is InChI=1S/C15H15NO3/c1-9(2)16-12-5-3-10(17)7-14(12)19-15-8-11(18)4-6-13(15)16/h3-8,12,14,17-18H,1H2,2H3. The second kappa shape index (κ2) is 4.09. The molecule has 4 heteroatoms. The molecule has 2 unspecified atom stereocenters. The fourth-order valence-electron chi connectivity index (χ4n) is 2.53. The first-order valence-electron chi connectivity index (χ1n) is 6.09. The molecule has 1 aromatic rings. The van der Waals surface area contributed by atoms with Gasteiger partial charge in [-0.1, -0.05) is 12.7 Å². The van der Waals surface area contributed by atoms with E-state index in [1.54, 1.807) is 24.3 Å². The smallest absolute Gasteiger partial charge is 0.147 e. The summed E-state index contributed by atoms with van der Waals surface area (Å²) in [7, 11) is 0. The molecule has 0 spiro atoms. The van der Waals surface area contributed by atoms with Crippen molar-refractivity contribution < 1.29 is 14.9 Å². The number of anilines is 1. The minimum atomic E-state index is -0.295. The summed E-state index contributed by atoms with van der Waals surface area (Å²) in [5.74, 6) is 0.925. The van der Waals surface area contributed by atoms with E-state index in [1.165, 1.54) is 0 Å². The summed E-state index contributed by atoms with van der Waals surface area (Å²) < 4.78 is 5.84. The number of phenols is 1. The molecule has 0 saturated carbocycles. The number of allylic oxidation sites excluding steroid dienone is 2. The minimum Gasteiger partial charge on any atom is -0.508 e. The number of aromatic hydroxyl groups is 1. The highest BCUT2D eigenvalue weighted by molar-refractivity contribution is 5.67. The summed E-state index contributed by atoms with van der Waals surface area (Å²) in [6.07, 6.45) is 4.92. The van der Waals surface area contributed by atoms with Gasteiger partial charge < -0.3 is 19.8 Å². The lowest BCUT2D eigenvalue weighted by atomic mass is 9.99. The van der Waals surface area contributed by atoms with Crippen molar-refractivity contribution in [3.05, 3.63) is 54.5 Å². The van der Waals surface area contributed by atoms with Gasteiger partial charge in [0.05, 0.1) is 11.7 Å². The van der Waals surface area contributed by atoms with Gasteiger partial charge in [-0.05, 0) is 25.1 Å². The molecule has 3 rings (SSSR count). The Bertz CT molecular complexity index is 603. The number of nitrogens with zero attached hydrogens (tertiary/aromatic N) is 1. The second-order valence-electron chi connectivity index (χ2n) is 4.78. The van der Waals surface area contributed by atoms with Crippen LogP contribution in [0.15, 0.2) is 54.5 Å². The van der Waals surface area contributed by atoms with Crippen molar-refractivity contribution >= 4 is 5.69 Å². The number of aliphatic hydroxyl groups excluding tert-OH is 1. The zero-order valence-corrected chi connectivity index (χ0v) is 10.6. The van der Waals surface area contributed by atoms with Crippen LogP contribution in [-0.4, -0.2) is 22.4 Å². The summed E-state index contributed by atoms with van der Waals surface area (Å²) in [5, 5.41) is 19.1. The predicted molar refractivity (Wildman–Crippen MR) is 73.5 cm³/mol. The van der Waals surface area contributed by atoms with Gasteiger partial charge in [0.1, 0.15) is 23.4 Å². The van der Waals surface area contributed by atoms with Crippen LogP contribution in [0.25, 0.3) is 0 Å². The number of phenolic OH excluding ortho intramolecular Hbond substituents is 1. The maximum absolute atomic E-state index is 9.58. The monoisotopic (exact) mass is 257 g/mol. The Morgan fingerprint density at radius 1 is 1.37 bits per heavy atom. The van der Waals surface area contributed by atoms with Crippen molar-refractivity contribution in [1.82, 2.24) is 0 Å². The molecule has 19 heavy (non-hydrogen) atoms. The highest BCUT2D eigenvalue weighted by atomic mass is 16.5. The normalized spacial score (nSPS) is 24.1. The third-order valence-corrected chi connectivity index (χ3v) is 3.31. The summed E-state index contributed by atoms with van der Waals surface area (Å²) in [6, 6.07) is 4.97. The van der Waals surface area contributed by atoms with E-state index in [-0.39, 0.29) is 23.7 Å². The van der Waals surface area contributed by atoms with E-state index in [9.17, 15) is 10.2 Å². The molecule has 0 bridgehead atoms. The van der Waals surface area contributed by atoms with Crippen LogP contribution in [-0.2, 0) is 0 Å². The van der Waals surface area contributed by atoms with Gasteiger partial charge in [0.2, 0.25) is 0 Å². The summed E-state index contributed by atoms with van der Waals surface area (Å²) >= 11 is 0. The Hall–Kier alpha value is -2.36. The quantitative estimate of drug-likeness (QED) is 0.812. The van der Waals surface area contributed by atoms with Crippen LogP contribution < -0.4 is 9.64 Å². The van der Waals surface area contributed by atoms with Crippen molar-refractivity contribution in [2.45, 2.75) is 19.1 Å². The Kier molecular flexibility index (Phi) is 2.52. The molecule has 0 amide bonds. The number of fused-ring (bicyclic) bond motifs is 2. The van der Waals surface area contributed by atoms with Crippen molar-refractivity contribution in [3.63, 3.8) is 0 Å². The highest BCUT2D eigenvalue weighted by Gasteiger charge is 2.35. The molecule has 98 valence electrons. The molecule has 2 aliphatic rings. The van der Waals surface area contributed by atoms with Crippen LogP contribution in [0.2, 0.25) is 0 Å². The maximum atomic E-state index is 9.58. The Balaban J connectivity index is 2.12. The molecule has 4 nitrogen and oxygen atoms in total. The van der Waals surface area contributed by atoms with Crippen LogP contribution in [0.4, 0.5) is 5.69 Å². The largest absolute Gasteiger partial charge is 0.508 e. The van der Waals surface area contributed by atoms with Crippen LogP contribution in [0.3, 0.4) is 0 Å². The number of ether oxygens (including phenoxy) is 1. The molecular formula is C15H15NO3. The number of hydrogen-bond donors (Lipinski definition) is 2. The third-order valence-electron chi connectivity index (χ3n) is 3.31. The van der Waals surface area contributed by atoms with Crippen molar-refractivity contribution in [2.24, 2.45) is 0 Å². The Labute approximate surface area is 111 Å². The lowest BCUT2D eigenvalue weighted by Gasteiger charge is -2.42. The number of benzene rings is 1. The Morgan fingerprint density at radius 2 is 2.16 bits per heavy atom. The van der Waals surface area contributed by atoms with Crippen LogP contribution in [0.5, 0.6) is 11.5 Å². The topological polar surface area (TPSA) is 52.9 Å². The molecule has 2 N–H and O–H groups in total. The summed E-state index contributed by atoms with van der Waals surface area (Å²) in [5.41, 5.74) is 1.75. The molecule has 0 aromatic heterocycles. The average Bonchev–Trinajstić information content (AvgIpc) is 2.35. The first kappa shape index (κ1) is 11.7. The molecule has 1 heterocycles. The number of rotatable bonds is 1. The highest BCUT2D eigenvalue weighted by Crippen LogP contribution is 2.41. The van der Waals surface area contributed by atoms with E-state index in [2.05, 4.69) is 6.58 Å². The van der Waals surface area contributed by atoms with Crippen molar-refractivity contribution in [2.75, 3.05) is 4.90 Å². The van der Waals surface area contributed by atoms with E-state index in [1.807, 2.05) is 24.0 Å². The molecule has 1 aliphatic heterocycles. The number of aliphatic hydroxyl groups is 1. The molecule has 0 radical (unpaired) electrons. The van der Waals surface area contributed by atoms with Gasteiger partial charge in [0.15, 0.2) is 0 Å². The fourth-order valence-corrected chi connectivity index (χ4v) is 2.53. The first-order chi connectivity index (χ1) is 9.06. The Morgan fingerprint density at radius 3 is 2.89 bits per heavy atom. The SMILES string of the molecule is C=C(C)N1c2ccc(O)cc2OC2C=C(O)C=CC21. The number of hydrogen-bond acceptors (Lipinski definition) is 4. The lowest BCUT2D eigenvalue weighted by molar-refractivity contribution is 0.208. The minimum absolute atomic E-state index is 0.0366. The molecular weight excluding hydrogens is 242 g/mol. The second-order valence-corrected chi connectivity index (χ2v) is 4.78. The molecule has 1 aromatic carbocycles. The fraction of sp³-hybridized carbons (Fsp3) is 0.200. The van der Waals surface area contributed by atoms with Crippen LogP contribution >= 0.6 is 0 Å². The van der Waals surface area contributed by atoms with Crippen LogP contribution in [0, 0.1) is 0 Å². The van der Waals surface area contributed by atoms with Gasteiger partial charge in [0, 0.05) is 17.8 Å². The maximum Gasteiger partial charge on any atom is 0.147 e.